The minimum atomic E-state index is -0.537. The van der Waals surface area contributed by atoms with Crippen LogP contribution in [0.1, 0.15) is 16.1 Å². The van der Waals surface area contributed by atoms with E-state index in [1.54, 1.807) is 12.3 Å². The summed E-state index contributed by atoms with van der Waals surface area (Å²) in [5, 5.41) is 17.7. The smallest absolute Gasteiger partial charge is 0.276 e. The first kappa shape index (κ1) is 18.9. The number of rotatable bonds is 7. The molecule has 0 saturated carbocycles. The lowest BCUT2D eigenvalue weighted by Crippen LogP contribution is -2.15. The Morgan fingerprint density at radius 3 is 2.71 bits per heavy atom. The van der Waals surface area contributed by atoms with Gasteiger partial charge in [0.15, 0.2) is 12.4 Å². The summed E-state index contributed by atoms with van der Waals surface area (Å²) in [6, 6.07) is 13.1. The van der Waals surface area contributed by atoms with Gasteiger partial charge in [-0.05, 0) is 30.7 Å². The molecule has 0 aliphatic rings. The summed E-state index contributed by atoms with van der Waals surface area (Å²) in [5.41, 5.74) is 1.35. The number of nitro groups is 1. The lowest BCUT2D eigenvalue weighted by molar-refractivity contribution is -0.384. The summed E-state index contributed by atoms with van der Waals surface area (Å²) in [4.78, 5) is 22.7. The van der Waals surface area contributed by atoms with Crippen molar-refractivity contribution in [2.45, 2.75) is 13.7 Å². The van der Waals surface area contributed by atoms with Gasteiger partial charge in [0.25, 0.3) is 11.6 Å². The van der Waals surface area contributed by atoms with Gasteiger partial charge in [0.1, 0.15) is 11.5 Å². The number of hydrogen-bond acceptors (Lipinski definition) is 6. The van der Waals surface area contributed by atoms with Crippen LogP contribution in [0.4, 0.5) is 11.4 Å². The molecule has 3 rings (SSSR count). The average molecular weight is 382 g/mol. The average Bonchev–Trinajstić information content (AvgIpc) is 3.16. The molecule has 28 heavy (non-hydrogen) atoms. The van der Waals surface area contributed by atoms with Crippen LogP contribution in [-0.4, -0.2) is 27.7 Å². The van der Waals surface area contributed by atoms with E-state index in [1.807, 2.05) is 31.2 Å². The normalized spacial score (nSPS) is 10.4. The van der Waals surface area contributed by atoms with Crippen LogP contribution in [0.5, 0.6) is 11.5 Å². The van der Waals surface area contributed by atoms with Crippen LogP contribution < -0.4 is 14.8 Å². The highest BCUT2D eigenvalue weighted by Gasteiger charge is 2.16. The molecule has 0 aliphatic carbocycles. The third kappa shape index (κ3) is 4.26. The molecule has 0 bridgehead atoms. The SMILES string of the molecule is COc1cc([N+](=O)[O-])ccc1NC(=O)c1ccn(COc2ccccc2C)n1. The zero-order chi connectivity index (χ0) is 20.1. The summed E-state index contributed by atoms with van der Waals surface area (Å²) in [7, 11) is 1.37. The van der Waals surface area contributed by atoms with Crippen molar-refractivity contribution in [1.82, 2.24) is 9.78 Å². The number of carbonyl (C=O) groups is 1. The highest BCUT2D eigenvalue weighted by Crippen LogP contribution is 2.29. The minimum absolute atomic E-state index is 0.132. The number of ether oxygens (including phenoxy) is 2. The molecule has 0 spiro atoms. The molecule has 3 aromatic rings. The van der Waals surface area contributed by atoms with Crippen molar-refractivity contribution in [3.8, 4) is 11.5 Å². The van der Waals surface area contributed by atoms with Crippen molar-refractivity contribution in [3.05, 3.63) is 76.1 Å². The molecule has 0 radical (unpaired) electrons. The van der Waals surface area contributed by atoms with Crippen LogP contribution in [-0.2, 0) is 6.73 Å². The standard InChI is InChI=1S/C19H18N4O5/c1-13-5-3-4-6-17(13)28-12-22-10-9-16(21-22)19(24)20-15-8-7-14(23(25)26)11-18(15)27-2/h3-11H,12H2,1-2H3,(H,20,24). The number of hydrogen-bond donors (Lipinski definition) is 1. The van der Waals surface area contributed by atoms with Crippen LogP contribution in [0.25, 0.3) is 0 Å². The topological polar surface area (TPSA) is 109 Å². The van der Waals surface area contributed by atoms with Crippen LogP contribution >= 0.6 is 0 Å². The minimum Gasteiger partial charge on any atom is -0.494 e. The highest BCUT2D eigenvalue weighted by atomic mass is 16.6. The zero-order valence-corrected chi connectivity index (χ0v) is 15.3. The molecule has 9 heteroatoms. The molecule has 2 aromatic carbocycles. The second kappa shape index (κ2) is 8.21. The van der Waals surface area contributed by atoms with E-state index in [-0.39, 0.29) is 23.9 Å². The first-order chi connectivity index (χ1) is 13.5. The Balaban J connectivity index is 1.67. The molecule has 0 saturated heterocycles. The largest absolute Gasteiger partial charge is 0.494 e. The fraction of sp³-hybridized carbons (Fsp3) is 0.158. The van der Waals surface area contributed by atoms with Crippen LogP contribution in [0.2, 0.25) is 0 Å². The second-order valence-electron chi connectivity index (χ2n) is 5.88. The number of amides is 1. The van der Waals surface area contributed by atoms with Crippen molar-refractivity contribution in [2.24, 2.45) is 0 Å². The van der Waals surface area contributed by atoms with Gasteiger partial charge in [-0.2, -0.15) is 5.10 Å². The van der Waals surface area contributed by atoms with E-state index in [0.29, 0.717) is 5.69 Å². The molecule has 0 atom stereocenters. The highest BCUT2D eigenvalue weighted by molar-refractivity contribution is 6.03. The number of nitro benzene ring substituents is 1. The van der Waals surface area contributed by atoms with Gasteiger partial charge in [0, 0.05) is 12.3 Å². The number of benzene rings is 2. The Bertz CT molecular complexity index is 1020. The summed E-state index contributed by atoms with van der Waals surface area (Å²) in [6.45, 7) is 2.09. The second-order valence-corrected chi connectivity index (χ2v) is 5.88. The quantitative estimate of drug-likeness (QED) is 0.495. The summed E-state index contributed by atoms with van der Waals surface area (Å²) >= 11 is 0. The summed E-state index contributed by atoms with van der Waals surface area (Å²) < 4.78 is 12.3. The van der Waals surface area contributed by atoms with Crippen LogP contribution in [0.15, 0.2) is 54.7 Å². The maximum absolute atomic E-state index is 12.4. The van der Waals surface area contributed by atoms with Crippen LogP contribution in [0, 0.1) is 17.0 Å². The lowest BCUT2D eigenvalue weighted by atomic mass is 10.2. The summed E-state index contributed by atoms with van der Waals surface area (Å²) in [5.74, 6) is 0.450. The molecule has 1 N–H and O–H groups in total. The van der Waals surface area contributed by atoms with Crippen molar-refractivity contribution in [3.63, 3.8) is 0 Å². The number of anilines is 1. The number of para-hydroxylation sites is 1. The number of non-ortho nitro benzene ring substituents is 1. The van der Waals surface area contributed by atoms with E-state index in [9.17, 15) is 14.9 Å². The predicted molar refractivity (Wildman–Crippen MR) is 102 cm³/mol. The number of methoxy groups -OCH3 is 1. The van der Waals surface area contributed by atoms with Crippen LogP contribution in [0.3, 0.4) is 0 Å². The maximum Gasteiger partial charge on any atom is 0.276 e. The molecule has 0 aliphatic heterocycles. The van der Waals surface area contributed by atoms with Gasteiger partial charge in [-0.25, -0.2) is 4.68 Å². The molecular weight excluding hydrogens is 364 g/mol. The van der Waals surface area contributed by atoms with E-state index in [4.69, 9.17) is 9.47 Å². The Morgan fingerprint density at radius 2 is 2.00 bits per heavy atom. The van der Waals surface area contributed by atoms with Gasteiger partial charge < -0.3 is 14.8 Å². The molecule has 9 nitrogen and oxygen atoms in total. The molecule has 0 fully saturated rings. The van der Waals surface area contributed by atoms with E-state index < -0.39 is 10.8 Å². The van der Waals surface area contributed by atoms with Gasteiger partial charge in [-0.3, -0.25) is 14.9 Å². The van der Waals surface area contributed by atoms with E-state index in [0.717, 1.165) is 11.3 Å². The predicted octanol–water partition coefficient (Wildman–Crippen LogP) is 3.40. The van der Waals surface area contributed by atoms with Crippen molar-refractivity contribution in [1.29, 1.82) is 0 Å². The Kier molecular flexibility index (Phi) is 5.54. The van der Waals surface area contributed by atoms with E-state index in [2.05, 4.69) is 10.4 Å². The Morgan fingerprint density at radius 1 is 1.21 bits per heavy atom. The first-order valence-corrected chi connectivity index (χ1v) is 8.33. The number of nitrogens with one attached hydrogen (secondary N) is 1. The zero-order valence-electron chi connectivity index (χ0n) is 15.3. The molecular formula is C19H18N4O5. The Hall–Kier alpha value is -3.88. The van der Waals surface area contributed by atoms with Gasteiger partial charge in [0.05, 0.1) is 23.8 Å². The molecule has 1 amide bonds. The number of carbonyl (C=O) groups excluding carboxylic acids is 1. The molecule has 1 aromatic heterocycles. The Labute approximate surface area is 160 Å². The number of aromatic nitrogens is 2. The fourth-order valence-corrected chi connectivity index (χ4v) is 2.49. The summed E-state index contributed by atoms with van der Waals surface area (Å²) in [6.07, 6.45) is 1.63. The van der Waals surface area contributed by atoms with Gasteiger partial charge in [0.2, 0.25) is 0 Å². The van der Waals surface area contributed by atoms with Crippen molar-refractivity contribution < 1.29 is 19.2 Å². The van der Waals surface area contributed by atoms with Crippen molar-refractivity contribution in [2.75, 3.05) is 12.4 Å². The van der Waals surface area contributed by atoms with E-state index in [1.165, 1.54) is 30.0 Å². The molecule has 0 unspecified atom stereocenters. The van der Waals surface area contributed by atoms with Gasteiger partial charge >= 0.3 is 0 Å². The van der Waals surface area contributed by atoms with Gasteiger partial charge in [-0.15, -0.1) is 0 Å². The first-order valence-electron chi connectivity index (χ1n) is 8.33. The molecule has 144 valence electrons. The lowest BCUT2D eigenvalue weighted by Gasteiger charge is -2.09. The molecule has 1 heterocycles. The third-order valence-corrected chi connectivity index (χ3v) is 3.96. The fourth-order valence-electron chi connectivity index (χ4n) is 2.49. The van der Waals surface area contributed by atoms with Gasteiger partial charge in [-0.1, -0.05) is 18.2 Å². The number of nitrogens with zero attached hydrogens (tertiary/aromatic N) is 3. The van der Waals surface area contributed by atoms with Crippen molar-refractivity contribution >= 4 is 17.3 Å². The maximum atomic E-state index is 12.4. The monoisotopic (exact) mass is 382 g/mol. The number of aryl methyl sites for hydroxylation is 1. The van der Waals surface area contributed by atoms with E-state index >= 15 is 0 Å². The third-order valence-electron chi connectivity index (χ3n) is 3.96.